The number of fused-ring (bicyclic) bond motifs is 3. The second kappa shape index (κ2) is 9.96. The molecule has 2 aromatic carbocycles. The molecular formula is C22H13BrClF3N6OS2. The fourth-order valence-electron chi connectivity index (χ4n) is 3.40. The quantitative estimate of drug-likeness (QED) is 0.207. The molecule has 0 bridgehead atoms. The average molecular weight is 614 g/mol. The number of alkyl halides is 3. The number of aromatic amines is 1. The summed E-state index contributed by atoms with van der Waals surface area (Å²) in [5.74, 6) is -0.310. The molecule has 2 N–H and O–H groups in total. The lowest BCUT2D eigenvalue weighted by Gasteiger charge is -2.09. The molecule has 0 aliphatic heterocycles. The Morgan fingerprint density at radius 1 is 1.19 bits per heavy atom. The van der Waals surface area contributed by atoms with E-state index in [9.17, 15) is 18.0 Å². The van der Waals surface area contributed by atoms with Gasteiger partial charge in [0.15, 0.2) is 10.8 Å². The summed E-state index contributed by atoms with van der Waals surface area (Å²) in [7, 11) is 0. The number of nitrogens with zero attached hydrogens (tertiary/aromatic N) is 4. The number of thioether (sulfide) groups is 1. The second-order valence-corrected chi connectivity index (χ2v) is 10.9. The topological polar surface area (TPSA) is 96.5 Å². The minimum atomic E-state index is -4.46. The van der Waals surface area contributed by atoms with Crippen LogP contribution in [0.3, 0.4) is 0 Å². The number of hydrogen-bond acceptors (Lipinski definition) is 7. The highest BCUT2D eigenvalue weighted by molar-refractivity contribution is 9.10. The molecule has 0 spiro atoms. The Morgan fingerprint density at radius 2 is 2.03 bits per heavy atom. The lowest BCUT2D eigenvalue weighted by Crippen LogP contribution is -2.14. The fourth-order valence-corrected chi connectivity index (χ4v) is 5.38. The van der Waals surface area contributed by atoms with Gasteiger partial charge < -0.3 is 10.3 Å². The van der Waals surface area contributed by atoms with Gasteiger partial charge in [0.2, 0.25) is 11.1 Å². The number of amides is 1. The SMILES string of the molecule is O=C(CSc1nnc2c(n1)[nH]c1ccc(Br)cc12)Nc1ncc(Cc2cc(C(F)(F)F)ccc2Cl)s1. The monoisotopic (exact) mass is 612 g/mol. The van der Waals surface area contributed by atoms with Crippen molar-refractivity contribution in [1.82, 2.24) is 25.1 Å². The van der Waals surface area contributed by atoms with E-state index in [1.54, 1.807) is 0 Å². The summed E-state index contributed by atoms with van der Waals surface area (Å²) in [6.07, 6.45) is -2.80. The van der Waals surface area contributed by atoms with Gasteiger partial charge in [-0.05, 0) is 42.0 Å². The predicted molar refractivity (Wildman–Crippen MR) is 138 cm³/mol. The van der Waals surface area contributed by atoms with Gasteiger partial charge in [-0.1, -0.05) is 39.3 Å². The number of carbonyl (C=O) groups excluding carboxylic acids is 1. The van der Waals surface area contributed by atoms with E-state index in [2.05, 4.69) is 46.4 Å². The van der Waals surface area contributed by atoms with Crippen molar-refractivity contribution >= 4 is 83.7 Å². The molecule has 5 aromatic rings. The lowest BCUT2D eigenvalue weighted by molar-refractivity contribution is -0.137. The maximum atomic E-state index is 13.0. The van der Waals surface area contributed by atoms with Gasteiger partial charge in [-0.3, -0.25) is 4.79 Å². The van der Waals surface area contributed by atoms with Crippen LogP contribution in [0, 0.1) is 0 Å². The van der Waals surface area contributed by atoms with Crippen LogP contribution >= 0.6 is 50.6 Å². The molecular weight excluding hydrogens is 601 g/mol. The zero-order valence-electron chi connectivity index (χ0n) is 17.9. The molecule has 1 amide bonds. The van der Waals surface area contributed by atoms with Crippen LogP contribution in [-0.2, 0) is 17.4 Å². The van der Waals surface area contributed by atoms with Crippen LogP contribution in [0.2, 0.25) is 5.02 Å². The number of hydrogen-bond donors (Lipinski definition) is 2. The molecule has 0 saturated heterocycles. The number of rotatable bonds is 6. The first-order valence-corrected chi connectivity index (χ1v) is 13.2. The van der Waals surface area contributed by atoms with Crippen LogP contribution in [0.5, 0.6) is 0 Å². The highest BCUT2D eigenvalue weighted by Crippen LogP contribution is 2.33. The molecule has 0 fully saturated rings. The highest BCUT2D eigenvalue weighted by Gasteiger charge is 2.31. The minimum absolute atomic E-state index is 0.0212. The molecule has 0 unspecified atom stereocenters. The molecule has 3 heterocycles. The number of H-pyrrole nitrogens is 1. The second-order valence-electron chi connectivity index (χ2n) is 7.56. The number of carbonyl (C=O) groups is 1. The largest absolute Gasteiger partial charge is 0.416 e. The predicted octanol–water partition coefficient (Wildman–Crippen LogP) is 6.72. The smallest absolute Gasteiger partial charge is 0.338 e. The van der Waals surface area contributed by atoms with Crippen molar-refractivity contribution in [3.05, 3.63) is 68.1 Å². The number of thiazole rings is 1. The minimum Gasteiger partial charge on any atom is -0.338 e. The molecule has 0 saturated carbocycles. The zero-order valence-corrected chi connectivity index (χ0v) is 21.8. The Balaban J connectivity index is 1.21. The Bertz CT molecular complexity index is 1610. The molecule has 0 aliphatic carbocycles. The average Bonchev–Trinajstić information content (AvgIpc) is 3.41. The normalized spacial score (nSPS) is 11.9. The number of nitrogens with one attached hydrogen (secondary N) is 2. The van der Waals surface area contributed by atoms with Crippen molar-refractivity contribution in [3.63, 3.8) is 0 Å². The van der Waals surface area contributed by atoms with E-state index in [-0.39, 0.29) is 23.1 Å². The summed E-state index contributed by atoms with van der Waals surface area (Å²) in [6.45, 7) is 0. The van der Waals surface area contributed by atoms with E-state index in [1.165, 1.54) is 12.3 Å². The first kappa shape index (κ1) is 24.9. The first-order chi connectivity index (χ1) is 17.2. The van der Waals surface area contributed by atoms with E-state index >= 15 is 0 Å². The van der Waals surface area contributed by atoms with E-state index in [0.29, 0.717) is 31.9 Å². The van der Waals surface area contributed by atoms with Crippen molar-refractivity contribution in [3.8, 4) is 0 Å². The van der Waals surface area contributed by atoms with Gasteiger partial charge >= 0.3 is 6.18 Å². The Kier molecular flexibility index (Phi) is 6.90. The van der Waals surface area contributed by atoms with E-state index in [4.69, 9.17) is 11.6 Å². The maximum Gasteiger partial charge on any atom is 0.416 e. The zero-order chi connectivity index (χ0) is 25.4. The van der Waals surface area contributed by atoms with E-state index < -0.39 is 11.7 Å². The Labute approximate surface area is 223 Å². The van der Waals surface area contributed by atoms with Crippen molar-refractivity contribution in [1.29, 1.82) is 0 Å². The van der Waals surface area contributed by atoms with Gasteiger partial charge in [0.05, 0.1) is 11.3 Å². The van der Waals surface area contributed by atoms with Gasteiger partial charge in [-0.25, -0.2) is 9.97 Å². The summed E-state index contributed by atoms with van der Waals surface area (Å²) in [5, 5.41) is 12.8. The Morgan fingerprint density at radius 3 is 2.83 bits per heavy atom. The van der Waals surface area contributed by atoms with Crippen LogP contribution in [0.15, 0.2) is 52.2 Å². The van der Waals surface area contributed by atoms with Gasteiger partial charge in [-0.15, -0.1) is 21.5 Å². The van der Waals surface area contributed by atoms with Crippen molar-refractivity contribution in [2.24, 2.45) is 0 Å². The van der Waals surface area contributed by atoms with Crippen molar-refractivity contribution in [2.75, 3.05) is 11.1 Å². The maximum absolute atomic E-state index is 13.0. The highest BCUT2D eigenvalue weighted by atomic mass is 79.9. The number of halogens is 5. The number of anilines is 1. The van der Waals surface area contributed by atoms with Gasteiger partial charge in [0.1, 0.15) is 5.52 Å². The number of benzene rings is 2. The summed E-state index contributed by atoms with van der Waals surface area (Å²) in [5.41, 5.74) is 1.64. The lowest BCUT2D eigenvalue weighted by atomic mass is 10.1. The van der Waals surface area contributed by atoms with Gasteiger partial charge in [0, 0.05) is 37.9 Å². The first-order valence-electron chi connectivity index (χ1n) is 10.2. The van der Waals surface area contributed by atoms with Crippen molar-refractivity contribution < 1.29 is 18.0 Å². The molecule has 0 radical (unpaired) electrons. The standard InChI is InChI=1S/C22H13BrClF3N6OS2/c23-12-2-4-16-14(7-12)18-19(29-16)31-21(33-32-18)35-9-17(34)30-20-28-8-13(36-20)6-10-5-11(22(25,26)27)1-3-15(10)24/h1-5,7-8H,6,9H2,(H,28,30,34)(H,29,31,33). The summed E-state index contributed by atoms with van der Waals surface area (Å²) in [6, 6.07) is 8.93. The van der Waals surface area contributed by atoms with Crippen LogP contribution in [0.1, 0.15) is 16.0 Å². The molecule has 0 aliphatic rings. The Hall–Kier alpha value is -2.74. The summed E-state index contributed by atoms with van der Waals surface area (Å²) >= 11 is 11.8. The van der Waals surface area contributed by atoms with Gasteiger partial charge in [-0.2, -0.15) is 13.2 Å². The third-order valence-corrected chi connectivity index (χ3v) is 7.64. The van der Waals surface area contributed by atoms with Crippen molar-refractivity contribution in [2.45, 2.75) is 17.8 Å². The number of aromatic nitrogens is 5. The van der Waals surface area contributed by atoms with E-state index in [1.807, 2.05) is 18.2 Å². The van der Waals surface area contributed by atoms with Crippen LogP contribution in [-0.4, -0.2) is 36.8 Å². The van der Waals surface area contributed by atoms with E-state index in [0.717, 1.165) is 50.6 Å². The summed E-state index contributed by atoms with van der Waals surface area (Å²) in [4.78, 5) is 24.8. The molecule has 36 heavy (non-hydrogen) atoms. The molecule has 5 rings (SSSR count). The fraction of sp³-hybridized carbons (Fsp3) is 0.136. The molecule has 7 nitrogen and oxygen atoms in total. The third kappa shape index (κ3) is 5.48. The molecule has 184 valence electrons. The van der Waals surface area contributed by atoms with Crippen LogP contribution in [0.4, 0.5) is 18.3 Å². The molecule has 3 aromatic heterocycles. The van der Waals surface area contributed by atoms with Gasteiger partial charge in [0.25, 0.3) is 0 Å². The summed E-state index contributed by atoms with van der Waals surface area (Å²) < 4.78 is 39.9. The van der Waals surface area contributed by atoms with Crippen LogP contribution in [0.25, 0.3) is 22.1 Å². The van der Waals surface area contributed by atoms with Crippen LogP contribution < -0.4 is 5.32 Å². The molecule has 14 heteroatoms. The molecule has 0 atom stereocenters. The third-order valence-electron chi connectivity index (χ3n) is 5.03.